The lowest BCUT2D eigenvalue weighted by atomic mass is 9.98. The molecule has 2 atom stereocenters. The number of amides is 1. The summed E-state index contributed by atoms with van der Waals surface area (Å²) in [4.78, 5) is 16.9. The number of benzene rings is 1. The SMILES string of the molecule is CCN(CC)CCOc1ccc(C(=O)N2CC[C@@H](N)C[C@@H]2C)cc1. The molecule has 1 saturated heterocycles. The highest BCUT2D eigenvalue weighted by atomic mass is 16.5. The van der Waals surface area contributed by atoms with Crippen molar-refractivity contribution in [1.82, 2.24) is 9.80 Å². The summed E-state index contributed by atoms with van der Waals surface area (Å²) in [6.45, 7) is 10.8. The minimum atomic E-state index is 0.0871. The zero-order valence-corrected chi connectivity index (χ0v) is 15.2. The van der Waals surface area contributed by atoms with Crippen molar-refractivity contribution in [1.29, 1.82) is 0 Å². The lowest BCUT2D eigenvalue weighted by Crippen LogP contribution is -2.48. The Hall–Kier alpha value is -1.59. The van der Waals surface area contributed by atoms with Crippen LogP contribution >= 0.6 is 0 Å². The molecule has 2 rings (SSSR count). The number of hydrogen-bond acceptors (Lipinski definition) is 4. The molecule has 0 unspecified atom stereocenters. The summed E-state index contributed by atoms with van der Waals surface area (Å²) in [6.07, 6.45) is 1.75. The fourth-order valence-corrected chi connectivity index (χ4v) is 3.20. The second kappa shape index (κ2) is 9.04. The maximum Gasteiger partial charge on any atom is 0.254 e. The third kappa shape index (κ3) is 4.95. The Labute approximate surface area is 145 Å². The molecule has 1 aromatic rings. The number of ether oxygens (including phenoxy) is 1. The van der Waals surface area contributed by atoms with Gasteiger partial charge >= 0.3 is 0 Å². The minimum Gasteiger partial charge on any atom is -0.492 e. The van der Waals surface area contributed by atoms with Crippen LogP contribution in [0.25, 0.3) is 0 Å². The van der Waals surface area contributed by atoms with Crippen LogP contribution in [0.5, 0.6) is 5.75 Å². The van der Waals surface area contributed by atoms with E-state index in [2.05, 4.69) is 25.7 Å². The maximum absolute atomic E-state index is 12.6. The number of nitrogens with two attached hydrogens (primary N) is 1. The van der Waals surface area contributed by atoms with Crippen molar-refractivity contribution < 1.29 is 9.53 Å². The predicted molar refractivity (Wildman–Crippen MR) is 97.4 cm³/mol. The largest absolute Gasteiger partial charge is 0.492 e. The fourth-order valence-electron chi connectivity index (χ4n) is 3.20. The van der Waals surface area contributed by atoms with Crippen molar-refractivity contribution in [3.8, 4) is 5.75 Å². The van der Waals surface area contributed by atoms with Gasteiger partial charge in [0.1, 0.15) is 12.4 Å². The molecule has 1 aliphatic rings. The highest BCUT2D eigenvalue weighted by molar-refractivity contribution is 5.94. The van der Waals surface area contributed by atoms with Gasteiger partial charge in [0.15, 0.2) is 0 Å². The lowest BCUT2D eigenvalue weighted by molar-refractivity contribution is 0.0619. The van der Waals surface area contributed by atoms with Crippen LogP contribution in [0.4, 0.5) is 0 Å². The Balaban J connectivity index is 1.88. The molecule has 2 N–H and O–H groups in total. The molecule has 1 aliphatic heterocycles. The van der Waals surface area contributed by atoms with Crippen molar-refractivity contribution in [2.75, 3.05) is 32.8 Å². The number of nitrogens with zero attached hydrogens (tertiary/aromatic N) is 2. The van der Waals surface area contributed by atoms with Gasteiger partial charge in [-0.15, -0.1) is 0 Å². The second-order valence-electron chi connectivity index (χ2n) is 6.53. The molecular weight excluding hydrogens is 302 g/mol. The molecule has 0 spiro atoms. The minimum absolute atomic E-state index is 0.0871. The number of piperidine rings is 1. The predicted octanol–water partition coefficient (Wildman–Crippen LogP) is 2.36. The van der Waals surface area contributed by atoms with Gasteiger partial charge in [-0.05, 0) is 57.1 Å². The molecule has 0 aliphatic carbocycles. The van der Waals surface area contributed by atoms with Crippen LogP contribution < -0.4 is 10.5 Å². The van der Waals surface area contributed by atoms with Crippen molar-refractivity contribution in [3.63, 3.8) is 0 Å². The van der Waals surface area contributed by atoms with Gasteiger partial charge in [-0.3, -0.25) is 4.79 Å². The van der Waals surface area contributed by atoms with Crippen molar-refractivity contribution in [3.05, 3.63) is 29.8 Å². The first-order chi connectivity index (χ1) is 11.5. The Morgan fingerprint density at radius 1 is 1.29 bits per heavy atom. The monoisotopic (exact) mass is 333 g/mol. The number of carbonyl (C=O) groups excluding carboxylic acids is 1. The van der Waals surface area contributed by atoms with Crippen LogP contribution in [0, 0.1) is 0 Å². The van der Waals surface area contributed by atoms with Crippen LogP contribution in [-0.2, 0) is 0 Å². The number of likely N-dealkylation sites (tertiary alicyclic amines) is 1. The van der Waals surface area contributed by atoms with E-state index < -0.39 is 0 Å². The molecule has 24 heavy (non-hydrogen) atoms. The summed E-state index contributed by atoms with van der Waals surface area (Å²) < 4.78 is 5.77. The Morgan fingerprint density at radius 2 is 1.96 bits per heavy atom. The second-order valence-corrected chi connectivity index (χ2v) is 6.53. The number of hydrogen-bond donors (Lipinski definition) is 1. The fraction of sp³-hybridized carbons (Fsp3) is 0.632. The van der Waals surface area contributed by atoms with E-state index in [0.717, 1.165) is 44.8 Å². The average Bonchev–Trinajstić information content (AvgIpc) is 2.59. The van der Waals surface area contributed by atoms with E-state index in [1.165, 1.54) is 0 Å². The molecule has 134 valence electrons. The normalized spacial score (nSPS) is 21.1. The summed E-state index contributed by atoms with van der Waals surface area (Å²) in [7, 11) is 0. The van der Waals surface area contributed by atoms with Crippen LogP contribution in [0.3, 0.4) is 0 Å². The van der Waals surface area contributed by atoms with E-state index in [4.69, 9.17) is 10.5 Å². The topological polar surface area (TPSA) is 58.8 Å². The van der Waals surface area contributed by atoms with E-state index in [0.29, 0.717) is 12.2 Å². The first-order valence-electron chi connectivity index (χ1n) is 9.06. The molecule has 0 saturated carbocycles. The van der Waals surface area contributed by atoms with Gasteiger partial charge in [0.2, 0.25) is 0 Å². The zero-order chi connectivity index (χ0) is 17.5. The van der Waals surface area contributed by atoms with Gasteiger partial charge in [-0.25, -0.2) is 0 Å². The standard InChI is InChI=1S/C19H31N3O2/c1-4-21(5-2)12-13-24-18-8-6-16(7-9-18)19(23)22-11-10-17(20)14-15(22)3/h6-9,15,17H,4-5,10-14,20H2,1-3H3/t15-,17+/m0/s1. The Kier molecular flexibility index (Phi) is 7.06. The summed E-state index contributed by atoms with van der Waals surface area (Å²) in [6, 6.07) is 7.90. The molecular formula is C19H31N3O2. The number of likely N-dealkylation sites (N-methyl/N-ethyl adjacent to an activating group) is 1. The van der Waals surface area contributed by atoms with Crippen LogP contribution in [0.15, 0.2) is 24.3 Å². The molecule has 1 amide bonds. The van der Waals surface area contributed by atoms with Crippen molar-refractivity contribution in [2.45, 2.75) is 45.7 Å². The number of rotatable bonds is 7. The first kappa shape index (κ1) is 18.7. The first-order valence-corrected chi connectivity index (χ1v) is 9.06. The van der Waals surface area contributed by atoms with E-state index in [1.54, 1.807) is 0 Å². The molecule has 0 aromatic heterocycles. The van der Waals surface area contributed by atoms with Gasteiger partial charge in [-0.1, -0.05) is 13.8 Å². The Morgan fingerprint density at radius 3 is 2.54 bits per heavy atom. The smallest absolute Gasteiger partial charge is 0.254 e. The summed E-state index contributed by atoms with van der Waals surface area (Å²) >= 11 is 0. The van der Waals surface area contributed by atoms with Gasteiger partial charge in [0.05, 0.1) is 0 Å². The lowest BCUT2D eigenvalue weighted by Gasteiger charge is -2.36. The van der Waals surface area contributed by atoms with Crippen LogP contribution in [0.1, 0.15) is 44.0 Å². The average molecular weight is 333 g/mol. The number of carbonyl (C=O) groups is 1. The molecule has 1 heterocycles. The van der Waals surface area contributed by atoms with E-state index in [-0.39, 0.29) is 18.0 Å². The van der Waals surface area contributed by atoms with Crippen molar-refractivity contribution >= 4 is 5.91 Å². The van der Waals surface area contributed by atoms with Gasteiger partial charge in [0.25, 0.3) is 5.91 Å². The highest BCUT2D eigenvalue weighted by Crippen LogP contribution is 2.20. The summed E-state index contributed by atoms with van der Waals surface area (Å²) in [5.41, 5.74) is 6.69. The quantitative estimate of drug-likeness (QED) is 0.832. The van der Waals surface area contributed by atoms with Gasteiger partial charge in [0, 0.05) is 30.7 Å². The molecule has 1 aromatic carbocycles. The maximum atomic E-state index is 12.6. The highest BCUT2D eigenvalue weighted by Gasteiger charge is 2.27. The van der Waals surface area contributed by atoms with Crippen LogP contribution in [-0.4, -0.2) is 60.6 Å². The summed E-state index contributed by atoms with van der Waals surface area (Å²) in [5.74, 6) is 0.900. The summed E-state index contributed by atoms with van der Waals surface area (Å²) in [5, 5.41) is 0. The molecule has 1 fully saturated rings. The molecule has 5 heteroatoms. The van der Waals surface area contributed by atoms with E-state index in [9.17, 15) is 4.79 Å². The van der Waals surface area contributed by atoms with Gasteiger partial charge in [-0.2, -0.15) is 0 Å². The van der Waals surface area contributed by atoms with Crippen LogP contribution in [0.2, 0.25) is 0 Å². The molecule has 0 bridgehead atoms. The molecule has 5 nitrogen and oxygen atoms in total. The molecule has 0 radical (unpaired) electrons. The Bertz CT molecular complexity index is 514. The van der Waals surface area contributed by atoms with Gasteiger partial charge < -0.3 is 20.3 Å². The van der Waals surface area contributed by atoms with Crippen molar-refractivity contribution in [2.24, 2.45) is 5.73 Å². The van der Waals surface area contributed by atoms with E-state index >= 15 is 0 Å². The zero-order valence-electron chi connectivity index (χ0n) is 15.2. The third-order valence-electron chi connectivity index (χ3n) is 4.85. The van der Waals surface area contributed by atoms with E-state index in [1.807, 2.05) is 29.2 Å². The third-order valence-corrected chi connectivity index (χ3v) is 4.85.